The van der Waals surface area contributed by atoms with Crippen LogP contribution in [0, 0.1) is 6.92 Å². The fourth-order valence-corrected chi connectivity index (χ4v) is 3.40. The Morgan fingerprint density at radius 3 is 2.80 bits per heavy atom. The zero-order chi connectivity index (χ0) is 17.6. The Morgan fingerprint density at radius 2 is 2.00 bits per heavy atom. The van der Waals surface area contributed by atoms with Crippen molar-refractivity contribution in [3.63, 3.8) is 0 Å². The topological polar surface area (TPSA) is 55.6 Å². The van der Waals surface area contributed by atoms with Crippen molar-refractivity contribution in [1.82, 2.24) is 4.90 Å². The lowest BCUT2D eigenvalue weighted by atomic mass is 10.1. The first-order chi connectivity index (χ1) is 12.2. The number of aryl methyl sites for hydroxylation is 1. The molecular formula is C21H26N2O2. The van der Waals surface area contributed by atoms with Gasteiger partial charge in [0.25, 0.3) is 0 Å². The molecule has 3 rings (SSSR count). The number of carbonyl (C=O) groups is 1. The number of carbonyl (C=O) groups excluding carboxylic acids is 1. The summed E-state index contributed by atoms with van der Waals surface area (Å²) in [5.74, 6) is 0.951. The molecule has 1 atom stereocenters. The van der Waals surface area contributed by atoms with E-state index in [9.17, 15) is 4.79 Å². The molecule has 25 heavy (non-hydrogen) atoms. The maximum atomic E-state index is 12.5. The van der Waals surface area contributed by atoms with E-state index < -0.39 is 0 Å². The van der Waals surface area contributed by atoms with Gasteiger partial charge < -0.3 is 15.4 Å². The van der Waals surface area contributed by atoms with Gasteiger partial charge in [-0.25, -0.2) is 0 Å². The summed E-state index contributed by atoms with van der Waals surface area (Å²) in [6, 6.07) is 16.3. The number of hydrogen-bond donors (Lipinski definition) is 1. The highest BCUT2D eigenvalue weighted by molar-refractivity contribution is 5.79. The average Bonchev–Trinajstić information content (AvgIpc) is 3.09. The fraction of sp³-hybridized carbons (Fsp3) is 0.381. The van der Waals surface area contributed by atoms with Crippen LogP contribution in [0.5, 0.6) is 5.75 Å². The number of nitrogens with two attached hydrogens (primary N) is 1. The first-order valence-corrected chi connectivity index (χ1v) is 8.92. The summed E-state index contributed by atoms with van der Waals surface area (Å²) in [5, 5.41) is 0. The molecule has 0 bridgehead atoms. The van der Waals surface area contributed by atoms with E-state index in [-0.39, 0.29) is 11.9 Å². The highest BCUT2D eigenvalue weighted by atomic mass is 16.5. The zero-order valence-electron chi connectivity index (χ0n) is 14.8. The predicted octanol–water partition coefficient (Wildman–Crippen LogP) is 3.07. The summed E-state index contributed by atoms with van der Waals surface area (Å²) < 4.78 is 5.89. The molecule has 0 aromatic heterocycles. The second-order valence-corrected chi connectivity index (χ2v) is 6.72. The smallest absolute Gasteiger partial charge is 0.227 e. The third-order valence-electron chi connectivity index (χ3n) is 4.71. The van der Waals surface area contributed by atoms with Gasteiger partial charge in [-0.05, 0) is 43.0 Å². The molecule has 1 aliphatic rings. The summed E-state index contributed by atoms with van der Waals surface area (Å²) in [5.41, 5.74) is 9.12. The second-order valence-electron chi connectivity index (χ2n) is 6.72. The van der Waals surface area contributed by atoms with Crippen molar-refractivity contribution >= 4 is 5.91 Å². The minimum Gasteiger partial charge on any atom is -0.489 e. The number of likely N-dealkylation sites (tertiary alicyclic amines) is 1. The molecule has 1 aliphatic heterocycles. The van der Waals surface area contributed by atoms with Crippen molar-refractivity contribution in [3.05, 3.63) is 65.2 Å². The average molecular weight is 338 g/mol. The van der Waals surface area contributed by atoms with Crippen molar-refractivity contribution < 1.29 is 9.53 Å². The molecule has 1 amide bonds. The zero-order valence-corrected chi connectivity index (χ0v) is 14.8. The van der Waals surface area contributed by atoms with E-state index in [1.54, 1.807) is 0 Å². The molecule has 1 unspecified atom stereocenters. The molecule has 132 valence electrons. The first-order valence-electron chi connectivity index (χ1n) is 8.92. The van der Waals surface area contributed by atoms with Crippen molar-refractivity contribution in [2.45, 2.75) is 38.8 Å². The van der Waals surface area contributed by atoms with Gasteiger partial charge >= 0.3 is 0 Å². The number of ether oxygens (including phenoxy) is 1. The van der Waals surface area contributed by atoms with Crippen LogP contribution in [0.15, 0.2) is 48.5 Å². The van der Waals surface area contributed by atoms with E-state index in [0.29, 0.717) is 19.6 Å². The summed E-state index contributed by atoms with van der Waals surface area (Å²) in [6.45, 7) is 3.97. The molecule has 2 aromatic rings. The number of hydrogen-bond acceptors (Lipinski definition) is 3. The third-order valence-corrected chi connectivity index (χ3v) is 4.71. The molecule has 0 aliphatic carbocycles. The molecule has 0 spiro atoms. The van der Waals surface area contributed by atoms with Crippen LogP contribution in [-0.2, 0) is 17.8 Å². The summed E-state index contributed by atoms with van der Waals surface area (Å²) >= 11 is 0. The Bertz CT molecular complexity index is 729. The summed E-state index contributed by atoms with van der Waals surface area (Å²) in [6.07, 6.45) is 2.47. The molecule has 1 heterocycles. The Hall–Kier alpha value is -2.33. The lowest BCUT2D eigenvalue weighted by Crippen LogP contribution is -2.40. The van der Waals surface area contributed by atoms with Gasteiger partial charge in [-0.2, -0.15) is 0 Å². The van der Waals surface area contributed by atoms with E-state index in [4.69, 9.17) is 10.5 Å². The van der Waals surface area contributed by atoms with Crippen molar-refractivity contribution in [2.24, 2.45) is 5.73 Å². The SMILES string of the molecule is Cc1cccc(COc2cccc(CC(=O)N3CCCC3CN)c2)c1. The van der Waals surface area contributed by atoms with Gasteiger partial charge in [0, 0.05) is 19.1 Å². The predicted molar refractivity (Wildman–Crippen MR) is 99.4 cm³/mol. The van der Waals surface area contributed by atoms with Crippen LogP contribution in [-0.4, -0.2) is 29.9 Å². The lowest BCUT2D eigenvalue weighted by molar-refractivity contribution is -0.131. The number of rotatable bonds is 6. The third kappa shape index (κ3) is 4.60. The van der Waals surface area contributed by atoms with Gasteiger partial charge in [0.15, 0.2) is 0 Å². The highest BCUT2D eigenvalue weighted by Crippen LogP contribution is 2.20. The lowest BCUT2D eigenvalue weighted by Gasteiger charge is -2.23. The van der Waals surface area contributed by atoms with Crippen molar-refractivity contribution in [1.29, 1.82) is 0 Å². The molecule has 0 radical (unpaired) electrons. The quantitative estimate of drug-likeness (QED) is 0.881. The maximum Gasteiger partial charge on any atom is 0.227 e. The summed E-state index contributed by atoms with van der Waals surface area (Å²) in [4.78, 5) is 14.5. The van der Waals surface area contributed by atoms with Crippen molar-refractivity contribution in [3.8, 4) is 5.75 Å². The van der Waals surface area contributed by atoms with E-state index >= 15 is 0 Å². The highest BCUT2D eigenvalue weighted by Gasteiger charge is 2.27. The Balaban J connectivity index is 1.60. The molecule has 4 heteroatoms. The molecule has 2 aromatic carbocycles. The normalized spacial score (nSPS) is 16.9. The molecule has 2 N–H and O–H groups in total. The van der Waals surface area contributed by atoms with E-state index in [1.807, 2.05) is 35.2 Å². The van der Waals surface area contributed by atoms with E-state index in [2.05, 4.69) is 25.1 Å². The van der Waals surface area contributed by atoms with Gasteiger partial charge in [-0.3, -0.25) is 4.79 Å². The minimum atomic E-state index is 0.156. The molecule has 1 fully saturated rings. The number of nitrogens with zero attached hydrogens (tertiary/aromatic N) is 1. The Morgan fingerprint density at radius 1 is 1.20 bits per heavy atom. The van der Waals surface area contributed by atoms with Gasteiger partial charge in [0.2, 0.25) is 5.91 Å². The van der Waals surface area contributed by atoms with Crippen LogP contribution >= 0.6 is 0 Å². The van der Waals surface area contributed by atoms with Crippen LogP contribution in [0.4, 0.5) is 0 Å². The largest absolute Gasteiger partial charge is 0.489 e. The maximum absolute atomic E-state index is 12.5. The van der Waals surface area contributed by atoms with Gasteiger partial charge in [0.1, 0.15) is 12.4 Å². The standard InChI is InChI=1S/C21H26N2O2/c1-16-5-2-7-18(11-16)15-25-20-9-3-6-17(12-20)13-21(24)23-10-4-8-19(23)14-22/h2-3,5-7,9,11-12,19H,4,8,10,13-15,22H2,1H3. The fourth-order valence-electron chi connectivity index (χ4n) is 3.40. The van der Waals surface area contributed by atoms with Gasteiger partial charge in [-0.15, -0.1) is 0 Å². The van der Waals surface area contributed by atoms with Crippen LogP contribution in [0.2, 0.25) is 0 Å². The molecule has 1 saturated heterocycles. The monoisotopic (exact) mass is 338 g/mol. The molecule has 4 nitrogen and oxygen atoms in total. The minimum absolute atomic E-state index is 0.156. The van der Waals surface area contributed by atoms with Crippen LogP contribution in [0.25, 0.3) is 0 Å². The van der Waals surface area contributed by atoms with Crippen molar-refractivity contribution in [2.75, 3.05) is 13.1 Å². The van der Waals surface area contributed by atoms with Gasteiger partial charge in [0.05, 0.1) is 6.42 Å². The molecule has 0 saturated carbocycles. The Labute approximate surface area is 149 Å². The first kappa shape index (κ1) is 17.5. The molecular weight excluding hydrogens is 312 g/mol. The van der Waals surface area contributed by atoms with Crippen LogP contribution in [0.1, 0.15) is 29.5 Å². The van der Waals surface area contributed by atoms with Crippen LogP contribution in [0.3, 0.4) is 0 Å². The second kappa shape index (κ2) is 8.17. The van der Waals surface area contributed by atoms with E-state index in [0.717, 1.165) is 36.3 Å². The van der Waals surface area contributed by atoms with E-state index in [1.165, 1.54) is 5.56 Å². The Kier molecular flexibility index (Phi) is 5.71. The van der Waals surface area contributed by atoms with Crippen LogP contribution < -0.4 is 10.5 Å². The number of amides is 1. The van der Waals surface area contributed by atoms with Gasteiger partial charge in [-0.1, -0.05) is 42.0 Å². The summed E-state index contributed by atoms with van der Waals surface area (Å²) in [7, 11) is 0. The number of benzene rings is 2.